The molecule has 0 bridgehead atoms. The van der Waals surface area contributed by atoms with Gasteiger partial charge in [-0.1, -0.05) is 56.7 Å². The lowest BCUT2D eigenvalue weighted by atomic mass is 9.78. The second kappa shape index (κ2) is 8.95. The SMILES string of the molecule is CCC(CC(C)CCP1CCc2ccccc2C1)C1C=C2CCNC2=CC1. The van der Waals surface area contributed by atoms with Crippen LogP contribution in [-0.2, 0) is 12.6 Å². The molecule has 1 aromatic rings. The molecule has 1 aromatic carbocycles. The first-order valence-electron chi connectivity index (χ1n) is 11.2. The Morgan fingerprint density at radius 2 is 2.04 bits per heavy atom. The van der Waals surface area contributed by atoms with Crippen molar-refractivity contribution in [3.63, 3.8) is 0 Å². The number of rotatable bonds is 7. The van der Waals surface area contributed by atoms with E-state index in [9.17, 15) is 0 Å². The molecule has 1 aliphatic carbocycles. The van der Waals surface area contributed by atoms with E-state index in [0.717, 1.165) is 24.3 Å². The van der Waals surface area contributed by atoms with Gasteiger partial charge in [-0.3, -0.25) is 0 Å². The first kappa shape index (κ1) is 19.3. The Labute approximate surface area is 167 Å². The van der Waals surface area contributed by atoms with Crippen LogP contribution in [0.5, 0.6) is 0 Å². The Kier molecular flexibility index (Phi) is 6.39. The highest BCUT2D eigenvalue weighted by Gasteiger charge is 2.26. The van der Waals surface area contributed by atoms with Gasteiger partial charge < -0.3 is 5.32 Å². The molecule has 0 aromatic heterocycles. The summed E-state index contributed by atoms with van der Waals surface area (Å²) in [7, 11) is 0.228. The largest absolute Gasteiger partial charge is 0.385 e. The lowest BCUT2D eigenvalue weighted by Crippen LogP contribution is -2.19. The minimum Gasteiger partial charge on any atom is -0.385 e. The molecule has 1 N–H and O–H groups in total. The maximum atomic E-state index is 3.54. The van der Waals surface area contributed by atoms with Gasteiger partial charge in [-0.05, 0) is 85.0 Å². The van der Waals surface area contributed by atoms with Crippen LogP contribution in [0.3, 0.4) is 0 Å². The van der Waals surface area contributed by atoms with Crippen molar-refractivity contribution in [2.24, 2.45) is 17.8 Å². The molecular formula is C25H36NP. The van der Waals surface area contributed by atoms with Crippen molar-refractivity contribution in [3.8, 4) is 0 Å². The van der Waals surface area contributed by atoms with E-state index >= 15 is 0 Å². The summed E-state index contributed by atoms with van der Waals surface area (Å²) in [4.78, 5) is 0. The monoisotopic (exact) mass is 381 g/mol. The van der Waals surface area contributed by atoms with Gasteiger partial charge in [0.15, 0.2) is 0 Å². The smallest absolute Gasteiger partial charge is 0.0330 e. The van der Waals surface area contributed by atoms with E-state index in [1.807, 2.05) is 0 Å². The molecule has 27 heavy (non-hydrogen) atoms. The van der Waals surface area contributed by atoms with Crippen molar-refractivity contribution in [1.82, 2.24) is 5.32 Å². The third kappa shape index (κ3) is 4.68. The van der Waals surface area contributed by atoms with Crippen molar-refractivity contribution in [2.45, 2.75) is 58.5 Å². The lowest BCUT2D eigenvalue weighted by Gasteiger charge is -2.30. The summed E-state index contributed by atoms with van der Waals surface area (Å²) in [5.41, 5.74) is 6.31. The fraction of sp³-hybridized carbons (Fsp3) is 0.600. The average molecular weight is 382 g/mol. The Hall–Kier alpha value is -1.07. The molecule has 0 saturated carbocycles. The zero-order chi connectivity index (χ0) is 18.6. The van der Waals surface area contributed by atoms with Gasteiger partial charge in [0, 0.05) is 12.2 Å². The standard InChI is InChI=1S/C25H36NP/c1-3-20(22-8-9-25-23(17-22)10-13-26-25)16-19(2)11-14-27-15-12-21-6-4-5-7-24(21)18-27/h4-7,9,17,19-20,22,26H,3,8,10-16,18H2,1-2H3. The van der Waals surface area contributed by atoms with Crippen molar-refractivity contribution in [1.29, 1.82) is 0 Å². The van der Waals surface area contributed by atoms with Crippen LogP contribution in [0, 0.1) is 17.8 Å². The van der Waals surface area contributed by atoms with Crippen LogP contribution in [0.15, 0.2) is 47.7 Å². The van der Waals surface area contributed by atoms with E-state index in [1.54, 1.807) is 16.7 Å². The van der Waals surface area contributed by atoms with E-state index in [0.29, 0.717) is 0 Å². The summed E-state index contributed by atoms with van der Waals surface area (Å²) in [6.45, 7) is 6.07. The zero-order valence-corrected chi connectivity index (χ0v) is 18.1. The Balaban J connectivity index is 1.26. The second-order valence-electron chi connectivity index (χ2n) is 8.98. The molecule has 2 heteroatoms. The van der Waals surface area contributed by atoms with Gasteiger partial charge in [0.2, 0.25) is 0 Å². The molecule has 1 nitrogen and oxygen atoms in total. The summed E-state index contributed by atoms with van der Waals surface area (Å²) in [6.07, 6.45) is 17.4. The molecule has 2 aliphatic heterocycles. The molecule has 1 saturated heterocycles. The fourth-order valence-electron chi connectivity index (χ4n) is 5.29. The molecule has 146 valence electrons. The molecule has 4 rings (SSSR count). The predicted molar refractivity (Wildman–Crippen MR) is 120 cm³/mol. The summed E-state index contributed by atoms with van der Waals surface area (Å²) in [5.74, 6) is 2.52. The summed E-state index contributed by atoms with van der Waals surface area (Å²) in [5, 5.41) is 3.54. The van der Waals surface area contributed by atoms with Gasteiger partial charge in [0.05, 0.1) is 0 Å². The molecule has 4 atom stereocenters. The van der Waals surface area contributed by atoms with Gasteiger partial charge in [0.1, 0.15) is 0 Å². The average Bonchev–Trinajstić information content (AvgIpc) is 3.18. The molecule has 2 heterocycles. The highest BCUT2D eigenvalue weighted by atomic mass is 31.1. The van der Waals surface area contributed by atoms with Gasteiger partial charge in [-0.25, -0.2) is 0 Å². The maximum Gasteiger partial charge on any atom is 0.0330 e. The molecular weight excluding hydrogens is 345 g/mol. The molecule has 4 unspecified atom stereocenters. The van der Waals surface area contributed by atoms with E-state index in [-0.39, 0.29) is 7.92 Å². The normalized spacial score (nSPS) is 26.3. The van der Waals surface area contributed by atoms with Gasteiger partial charge in [-0.15, -0.1) is 7.92 Å². The predicted octanol–water partition coefficient (Wildman–Crippen LogP) is 6.49. The molecule has 3 aliphatic rings. The molecule has 0 amide bonds. The Morgan fingerprint density at radius 1 is 1.19 bits per heavy atom. The number of hydrogen-bond acceptors (Lipinski definition) is 1. The zero-order valence-electron chi connectivity index (χ0n) is 17.2. The number of allylic oxidation sites excluding steroid dienone is 3. The van der Waals surface area contributed by atoms with Crippen molar-refractivity contribution < 1.29 is 0 Å². The third-order valence-corrected chi connectivity index (χ3v) is 9.58. The number of fused-ring (bicyclic) bond motifs is 2. The van der Waals surface area contributed by atoms with Gasteiger partial charge in [-0.2, -0.15) is 0 Å². The first-order valence-corrected chi connectivity index (χ1v) is 13.1. The van der Waals surface area contributed by atoms with Crippen LogP contribution in [0.2, 0.25) is 0 Å². The molecule has 0 spiro atoms. The quantitative estimate of drug-likeness (QED) is 0.532. The van der Waals surface area contributed by atoms with E-state index in [1.165, 1.54) is 62.7 Å². The minimum atomic E-state index is 0.228. The maximum absolute atomic E-state index is 3.54. The topological polar surface area (TPSA) is 12.0 Å². The number of hydrogen-bond donors (Lipinski definition) is 1. The van der Waals surface area contributed by atoms with Crippen LogP contribution in [-0.4, -0.2) is 18.9 Å². The molecule has 1 fully saturated rings. The van der Waals surface area contributed by atoms with Crippen LogP contribution < -0.4 is 5.32 Å². The van der Waals surface area contributed by atoms with Crippen LogP contribution >= 0.6 is 7.92 Å². The van der Waals surface area contributed by atoms with Gasteiger partial charge >= 0.3 is 0 Å². The second-order valence-corrected chi connectivity index (χ2v) is 11.5. The first-order chi connectivity index (χ1) is 13.2. The van der Waals surface area contributed by atoms with E-state index in [2.05, 4.69) is 55.6 Å². The van der Waals surface area contributed by atoms with Crippen LogP contribution in [0.1, 0.15) is 57.1 Å². The third-order valence-electron chi connectivity index (χ3n) is 7.05. The highest BCUT2D eigenvalue weighted by molar-refractivity contribution is 7.56. The number of benzene rings is 1. The lowest BCUT2D eigenvalue weighted by molar-refractivity contribution is 0.301. The van der Waals surface area contributed by atoms with Crippen molar-refractivity contribution >= 4 is 7.92 Å². The Bertz CT molecular complexity index is 704. The number of aryl methyl sites for hydroxylation is 1. The van der Waals surface area contributed by atoms with Crippen LogP contribution in [0.4, 0.5) is 0 Å². The Morgan fingerprint density at radius 3 is 2.89 bits per heavy atom. The summed E-state index contributed by atoms with van der Waals surface area (Å²) >= 11 is 0. The number of nitrogens with one attached hydrogen (secondary N) is 1. The van der Waals surface area contributed by atoms with Crippen molar-refractivity contribution in [2.75, 3.05) is 18.9 Å². The van der Waals surface area contributed by atoms with Crippen LogP contribution in [0.25, 0.3) is 0 Å². The summed E-state index contributed by atoms with van der Waals surface area (Å²) in [6, 6.07) is 9.15. The van der Waals surface area contributed by atoms with E-state index < -0.39 is 0 Å². The minimum absolute atomic E-state index is 0.228. The summed E-state index contributed by atoms with van der Waals surface area (Å²) < 4.78 is 0. The highest BCUT2D eigenvalue weighted by Crippen LogP contribution is 2.46. The van der Waals surface area contributed by atoms with E-state index in [4.69, 9.17) is 0 Å². The van der Waals surface area contributed by atoms with Gasteiger partial charge in [0.25, 0.3) is 0 Å². The fourth-order valence-corrected chi connectivity index (χ4v) is 7.99. The van der Waals surface area contributed by atoms with Crippen molar-refractivity contribution in [3.05, 3.63) is 58.8 Å². The molecule has 0 radical (unpaired) electrons.